The second-order valence-electron chi connectivity index (χ2n) is 4.37. The summed E-state index contributed by atoms with van der Waals surface area (Å²) in [5, 5.41) is 10.2. The molecule has 1 aliphatic rings. The summed E-state index contributed by atoms with van der Waals surface area (Å²) in [6.07, 6.45) is -0.697. The van der Waals surface area contributed by atoms with Crippen LogP contribution in [0.5, 0.6) is 0 Å². The van der Waals surface area contributed by atoms with Crippen LogP contribution >= 0.6 is 0 Å². The number of fused-ring (bicyclic) bond motifs is 1. The fraction of sp³-hybridized carbons (Fsp3) is 0.333. The smallest absolute Gasteiger partial charge is 0.347 e. The number of cyclic esters (lactones) is 1. The number of benzene rings is 1. The maximum Gasteiger partial charge on any atom is 0.347 e. The molecular weight excluding hydrogens is 250 g/mol. The second-order valence-corrected chi connectivity index (χ2v) is 4.37. The Morgan fingerprint density at radius 2 is 2.32 bits per heavy atom. The number of carbonyl (C=O) groups is 2. The number of hydrogen-bond acceptors (Lipinski definition) is 6. The summed E-state index contributed by atoms with van der Waals surface area (Å²) >= 11 is 0. The van der Waals surface area contributed by atoms with Crippen molar-refractivity contribution in [3.63, 3.8) is 0 Å². The molecule has 0 amide bonds. The van der Waals surface area contributed by atoms with Crippen LogP contribution in [0.3, 0.4) is 0 Å². The molecule has 0 bridgehead atoms. The van der Waals surface area contributed by atoms with E-state index in [0.717, 1.165) is 0 Å². The largest absolute Gasteiger partial charge is 0.460 e. The molecule has 2 unspecified atom stereocenters. The molecule has 3 rings (SSSR count). The van der Waals surface area contributed by atoms with Gasteiger partial charge in [-0.25, -0.2) is 9.59 Å². The first-order chi connectivity index (χ1) is 9.15. The summed E-state index contributed by atoms with van der Waals surface area (Å²) in [6.45, 7) is 1.75. The summed E-state index contributed by atoms with van der Waals surface area (Å²) in [5.74, 6) is -1.11. The van der Waals surface area contributed by atoms with Crippen LogP contribution in [-0.2, 0) is 14.3 Å². The number of rotatable bonds is 2. The molecule has 2 atom stereocenters. The van der Waals surface area contributed by atoms with Gasteiger partial charge in [-0.15, -0.1) is 0 Å². The van der Waals surface area contributed by atoms with E-state index in [1.807, 2.05) is 0 Å². The normalized spacial score (nSPS) is 22.5. The highest BCUT2D eigenvalue weighted by atomic mass is 16.6. The molecule has 1 aromatic carbocycles. The quantitative estimate of drug-likeness (QED) is 0.804. The standard InChI is InChI=1S/C12H11N3O4/c1-6-5-9(12(17)18-6)19-11(16)7-3-2-4-8-10(7)14-15-13-8/h2-4,6,9H,5H2,1H3,(H,13,14,15). The maximum atomic E-state index is 12.1. The van der Waals surface area contributed by atoms with Gasteiger partial charge in [0.25, 0.3) is 0 Å². The van der Waals surface area contributed by atoms with E-state index in [2.05, 4.69) is 15.4 Å². The third-order valence-corrected chi connectivity index (χ3v) is 2.94. The summed E-state index contributed by atoms with van der Waals surface area (Å²) < 4.78 is 10.1. The van der Waals surface area contributed by atoms with Crippen molar-refractivity contribution in [1.29, 1.82) is 0 Å². The number of H-pyrrole nitrogens is 1. The third-order valence-electron chi connectivity index (χ3n) is 2.94. The fourth-order valence-corrected chi connectivity index (χ4v) is 2.04. The van der Waals surface area contributed by atoms with Crippen molar-refractivity contribution in [2.75, 3.05) is 0 Å². The van der Waals surface area contributed by atoms with Crippen LogP contribution in [0.4, 0.5) is 0 Å². The van der Waals surface area contributed by atoms with Gasteiger partial charge in [-0.1, -0.05) is 6.07 Å². The monoisotopic (exact) mass is 261 g/mol. The van der Waals surface area contributed by atoms with E-state index in [1.54, 1.807) is 25.1 Å². The van der Waals surface area contributed by atoms with Gasteiger partial charge in [0.1, 0.15) is 17.1 Å². The average Bonchev–Trinajstić information content (AvgIpc) is 2.95. The van der Waals surface area contributed by atoms with Crippen LogP contribution in [0, 0.1) is 0 Å². The molecule has 7 heteroatoms. The first kappa shape index (κ1) is 11.6. The zero-order chi connectivity index (χ0) is 13.4. The number of hydrogen-bond donors (Lipinski definition) is 1. The van der Waals surface area contributed by atoms with Crippen molar-refractivity contribution < 1.29 is 19.1 Å². The lowest BCUT2D eigenvalue weighted by Crippen LogP contribution is -2.22. The van der Waals surface area contributed by atoms with Crippen molar-refractivity contribution in [1.82, 2.24) is 15.4 Å². The Labute approximate surface area is 107 Å². The molecule has 0 spiro atoms. The predicted octanol–water partition coefficient (Wildman–Crippen LogP) is 0.819. The molecule has 98 valence electrons. The minimum absolute atomic E-state index is 0.229. The Morgan fingerprint density at radius 3 is 3.05 bits per heavy atom. The molecule has 0 aliphatic carbocycles. The van der Waals surface area contributed by atoms with Crippen molar-refractivity contribution in [3.8, 4) is 0 Å². The zero-order valence-corrected chi connectivity index (χ0v) is 10.1. The number of ether oxygens (including phenoxy) is 2. The van der Waals surface area contributed by atoms with E-state index >= 15 is 0 Å². The first-order valence-corrected chi connectivity index (χ1v) is 5.86. The van der Waals surface area contributed by atoms with E-state index in [1.165, 1.54) is 0 Å². The summed E-state index contributed by atoms with van der Waals surface area (Å²) in [7, 11) is 0. The van der Waals surface area contributed by atoms with E-state index in [4.69, 9.17) is 9.47 Å². The molecule has 2 aromatic rings. The molecule has 0 saturated carbocycles. The Kier molecular flexibility index (Phi) is 2.66. The molecule has 0 radical (unpaired) electrons. The lowest BCUT2D eigenvalue weighted by molar-refractivity contribution is -0.147. The van der Waals surface area contributed by atoms with Crippen molar-refractivity contribution in [3.05, 3.63) is 23.8 Å². The molecule has 1 N–H and O–H groups in total. The van der Waals surface area contributed by atoms with Gasteiger partial charge in [0.2, 0.25) is 6.10 Å². The highest BCUT2D eigenvalue weighted by Gasteiger charge is 2.35. The maximum absolute atomic E-state index is 12.1. The SMILES string of the molecule is CC1CC(OC(=O)c2cccc3n[nH]nc23)C(=O)O1. The molecule has 7 nitrogen and oxygen atoms in total. The minimum atomic E-state index is -0.843. The average molecular weight is 261 g/mol. The van der Waals surface area contributed by atoms with Crippen LogP contribution in [0.2, 0.25) is 0 Å². The number of aromatic nitrogens is 3. The molecule has 1 aromatic heterocycles. The number of carbonyl (C=O) groups excluding carboxylic acids is 2. The summed E-state index contributed by atoms with van der Waals surface area (Å²) in [6, 6.07) is 4.98. The van der Waals surface area contributed by atoms with Crippen molar-refractivity contribution in [2.45, 2.75) is 25.6 Å². The Bertz CT molecular complexity index is 651. The highest BCUT2D eigenvalue weighted by molar-refractivity contribution is 6.02. The molecule has 1 fully saturated rings. The van der Waals surface area contributed by atoms with Gasteiger partial charge in [0.15, 0.2) is 0 Å². The van der Waals surface area contributed by atoms with Gasteiger partial charge in [-0.2, -0.15) is 15.4 Å². The number of nitrogens with one attached hydrogen (secondary N) is 1. The number of aromatic amines is 1. The van der Waals surface area contributed by atoms with E-state index in [9.17, 15) is 9.59 Å². The number of para-hydroxylation sites is 1. The van der Waals surface area contributed by atoms with Crippen LogP contribution in [0.25, 0.3) is 11.0 Å². The van der Waals surface area contributed by atoms with Gasteiger partial charge < -0.3 is 9.47 Å². The van der Waals surface area contributed by atoms with Crippen molar-refractivity contribution in [2.24, 2.45) is 0 Å². The van der Waals surface area contributed by atoms with Crippen LogP contribution in [-0.4, -0.2) is 39.6 Å². The Morgan fingerprint density at radius 1 is 1.47 bits per heavy atom. The highest BCUT2D eigenvalue weighted by Crippen LogP contribution is 2.20. The predicted molar refractivity (Wildman–Crippen MR) is 63.3 cm³/mol. The zero-order valence-electron chi connectivity index (χ0n) is 10.1. The van der Waals surface area contributed by atoms with Crippen LogP contribution < -0.4 is 0 Å². The van der Waals surface area contributed by atoms with Gasteiger partial charge in [0, 0.05) is 6.42 Å². The van der Waals surface area contributed by atoms with E-state index in [0.29, 0.717) is 17.5 Å². The molecule has 1 saturated heterocycles. The lowest BCUT2D eigenvalue weighted by atomic mass is 10.2. The van der Waals surface area contributed by atoms with Gasteiger partial charge >= 0.3 is 11.9 Å². The topological polar surface area (TPSA) is 94.2 Å². The minimum Gasteiger partial charge on any atom is -0.460 e. The van der Waals surface area contributed by atoms with Gasteiger partial charge in [0.05, 0.1) is 5.56 Å². The van der Waals surface area contributed by atoms with Gasteiger partial charge in [-0.05, 0) is 19.1 Å². The van der Waals surface area contributed by atoms with Crippen molar-refractivity contribution >= 4 is 23.0 Å². The molecule has 19 heavy (non-hydrogen) atoms. The van der Waals surface area contributed by atoms with E-state index < -0.39 is 18.0 Å². The third kappa shape index (κ3) is 2.03. The lowest BCUT2D eigenvalue weighted by Gasteiger charge is -2.08. The van der Waals surface area contributed by atoms with E-state index in [-0.39, 0.29) is 11.7 Å². The van der Waals surface area contributed by atoms with Gasteiger partial charge in [-0.3, -0.25) is 0 Å². The molecular formula is C12H11N3O4. The molecule has 2 heterocycles. The number of nitrogens with zero attached hydrogens (tertiary/aromatic N) is 2. The summed E-state index contributed by atoms with van der Waals surface area (Å²) in [4.78, 5) is 23.5. The number of esters is 2. The first-order valence-electron chi connectivity index (χ1n) is 5.86. The summed E-state index contributed by atoms with van der Waals surface area (Å²) in [5.41, 5.74) is 1.27. The molecule has 1 aliphatic heterocycles. The van der Waals surface area contributed by atoms with Crippen LogP contribution in [0.1, 0.15) is 23.7 Å². The fourth-order valence-electron chi connectivity index (χ4n) is 2.04. The Hall–Kier alpha value is -2.44. The van der Waals surface area contributed by atoms with Crippen LogP contribution in [0.15, 0.2) is 18.2 Å². The Balaban J connectivity index is 1.84. The second kappa shape index (κ2) is 4.34.